The minimum Gasteiger partial charge on any atom is -0.423 e. The van der Waals surface area contributed by atoms with Crippen LogP contribution in [-0.2, 0) is 7.05 Å². The summed E-state index contributed by atoms with van der Waals surface area (Å²) in [6, 6.07) is 5.79. The van der Waals surface area contributed by atoms with Crippen LogP contribution in [0.3, 0.4) is 0 Å². The summed E-state index contributed by atoms with van der Waals surface area (Å²) in [4.78, 5) is 4.29. The summed E-state index contributed by atoms with van der Waals surface area (Å²) in [7, 11) is 1.85. The number of hydrogen-bond donors (Lipinski definition) is 2. The first-order valence-corrected chi connectivity index (χ1v) is 5.12. The van der Waals surface area contributed by atoms with Gasteiger partial charge in [0, 0.05) is 25.0 Å². The maximum absolute atomic E-state index is 5.67. The van der Waals surface area contributed by atoms with E-state index in [0.29, 0.717) is 17.3 Å². The van der Waals surface area contributed by atoms with Crippen molar-refractivity contribution in [3.05, 3.63) is 30.6 Å². The van der Waals surface area contributed by atoms with Gasteiger partial charge in [0.1, 0.15) is 5.52 Å². The molecule has 0 aliphatic carbocycles. The van der Waals surface area contributed by atoms with Crippen molar-refractivity contribution in [1.29, 1.82) is 0 Å². The first kappa shape index (κ1) is 9.71. The highest BCUT2D eigenvalue weighted by atomic mass is 16.4. The smallest absolute Gasteiger partial charge is 0.300 e. The summed E-state index contributed by atoms with van der Waals surface area (Å²) in [6.07, 6.45) is 3.53. The fourth-order valence-electron chi connectivity index (χ4n) is 1.60. The third-order valence-corrected chi connectivity index (χ3v) is 2.37. The van der Waals surface area contributed by atoms with Crippen LogP contribution in [0, 0.1) is 0 Å². The van der Waals surface area contributed by atoms with Gasteiger partial charge in [0.25, 0.3) is 6.01 Å². The van der Waals surface area contributed by atoms with E-state index < -0.39 is 0 Å². The Morgan fingerprint density at radius 2 is 2.29 bits per heavy atom. The molecule has 0 aliphatic heterocycles. The van der Waals surface area contributed by atoms with Gasteiger partial charge in [0.05, 0.1) is 11.9 Å². The largest absolute Gasteiger partial charge is 0.423 e. The number of aryl methyl sites for hydroxylation is 1. The standard InChI is InChI=1S/C11H11N5O/c1-16-6-8(5-13-16)14-11-15-9-3-2-7(12)4-10(9)17-11/h2-6H,12H2,1H3,(H,14,15). The molecule has 3 rings (SSSR count). The van der Waals surface area contributed by atoms with E-state index in [0.717, 1.165) is 11.2 Å². The van der Waals surface area contributed by atoms with Gasteiger partial charge in [-0.3, -0.25) is 4.68 Å². The molecule has 3 aromatic rings. The molecule has 6 nitrogen and oxygen atoms in total. The van der Waals surface area contributed by atoms with Gasteiger partial charge in [-0.2, -0.15) is 10.1 Å². The van der Waals surface area contributed by atoms with Crippen molar-refractivity contribution in [1.82, 2.24) is 14.8 Å². The normalized spacial score (nSPS) is 10.9. The predicted octanol–water partition coefficient (Wildman–Crippen LogP) is 1.89. The highest BCUT2D eigenvalue weighted by molar-refractivity contribution is 5.78. The molecule has 0 unspecified atom stereocenters. The molecule has 2 heterocycles. The number of hydrogen-bond acceptors (Lipinski definition) is 5. The molecule has 86 valence electrons. The Morgan fingerprint density at radius 1 is 1.41 bits per heavy atom. The molecule has 0 radical (unpaired) electrons. The Bertz CT molecular complexity index is 669. The average Bonchev–Trinajstić information content (AvgIpc) is 2.84. The summed E-state index contributed by atoms with van der Waals surface area (Å²) in [5.74, 6) is 0. The topological polar surface area (TPSA) is 81.9 Å². The summed E-state index contributed by atoms with van der Waals surface area (Å²) < 4.78 is 7.22. The van der Waals surface area contributed by atoms with Crippen molar-refractivity contribution in [2.24, 2.45) is 7.05 Å². The van der Waals surface area contributed by atoms with Gasteiger partial charge in [-0.1, -0.05) is 0 Å². The van der Waals surface area contributed by atoms with E-state index in [1.54, 1.807) is 23.0 Å². The number of oxazole rings is 1. The van der Waals surface area contributed by atoms with E-state index in [9.17, 15) is 0 Å². The number of rotatable bonds is 2. The first-order chi connectivity index (χ1) is 8.20. The van der Waals surface area contributed by atoms with E-state index in [1.807, 2.05) is 19.3 Å². The molecule has 1 aromatic carbocycles. The molecule has 0 spiro atoms. The van der Waals surface area contributed by atoms with Gasteiger partial charge < -0.3 is 15.5 Å². The van der Waals surface area contributed by atoms with Crippen LogP contribution in [0.25, 0.3) is 11.1 Å². The molecule has 6 heteroatoms. The molecular weight excluding hydrogens is 218 g/mol. The number of nitrogens with one attached hydrogen (secondary N) is 1. The lowest BCUT2D eigenvalue weighted by atomic mass is 10.3. The van der Waals surface area contributed by atoms with E-state index in [2.05, 4.69) is 15.4 Å². The number of nitrogens with zero attached hydrogens (tertiary/aromatic N) is 3. The van der Waals surface area contributed by atoms with E-state index in [4.69, 9.17) is 10.2 Å². The van der Waals surface area contributed by atoms with Crippen LogP contribution >= 0.6 is 0 Å². The molecule has 0 fully saturated rings. The van der Waals surface area contributed by atoms with Crippen LogP contribution in [-0.4, -0.2) is 14.8 Å². The second kappa shape index (κ2) is 3.51. The second-order valence-electron chi connectivity index (χ2n) is 3.77. The van der Waals surface area contributed by atoms with Crippen molar-refractivity contribution in [3.8, 4) is 0 Å². The van der Waals surface area contributed by atoms with Crippen molar-refractivity contribution >= 4 is 28.5 Å². The van der Waals surface area contributed by atoms with Crippen LogP contribution in [0.4, 0.5) is 17.4 Å². The number of fused-ring (bicyclic) bond motifs is 1. The van der Waals surface area contributed by atoms with Crippen molar-refractivity contribution in [2.45, 2.75) is 0 Å². The molecule has 2 aromatic heterocycles. The van der Waals surface area contributed by atoms with Crippen molar-refractivity contribution in [2.75, 3.05) is 11.1 Å². The fraction of sp³-hybridized carbons (Fsp3) is 0.0909. The number of nitrogens with two attached hydrogens (primary N) is 1. The second-order valence-corrected chi connectivity index (χ2v) is 3.77. The molecular formula is C11H11N5O. The zero-order valence-electron chi connectivity index (χ0n) is 9.21. The molecule has 0 aliphatic rings. The molecule has 0 saturated heterocycles. The van der Waals surface area contributed by atoms with Gasteiger partial charge >= 0.3 is 0 Å². The molecule has 0 bridgehead atoms. The molecule has 0 amide bonds. The predicted molar refractivity (Wildman–Crippen MR) is 64.9 cm³/mol. The fourth-order valence-corrected chi connectivity index (χ4v) is 1.60. The average molecular weight is 229 g/mol. The molecule has 0 saturated carbocycles. The number of anilines is 3. The summed E-state index contributed by atoms with van der Waals surface area (Å²) in [6.45, 7) is 0. The van der Waals surface area contributed by atoms with Crippen LogP contribution in [0.15, 0.2) is 35.0 Å². The maximum atomic E-state index is 5.67. The van der Waals surface area contributed by atoms with Crippen LogP contribution in [0.5, 0.6) is 0 Å². The first-order valence-electron chi connectivity index (χ1n) is 5.12. The molecule has 3 N–H and O–H groups in total. The van der Waals surface area contributed by atoms with E-state index in [1.165, 1.54) is 0 Å². The van der Waals surface area contributed by atoms with Crippen LogP contribution in [0.1, 0.15) is 0 Å². The summed E-state index contributed by atoms with van der Waals surface area (Å²) in [5, 5.41) is 7.08. The van der Waals surface area contributed by atoms with Crippen LogP contribution < -0.4 is 11.1 Å². The quantitative estimate of drug-likeness (QED) is 0.656. The van der Waals surface area contributed by atoms with Gasteiger partial charge in [0.2, 0.25) is 0 Å². The van der Waals surface area contributed by atoms with Gasteiger partial charge in [-0.05, 0) is 12.1 Å². The highest BCUT2D eigenvalue weighted by Crippen LogP contribution is 2.23. The van der Waals surface area contributed by atoms with Crippen LogP contribution in [0.2, 0.25) is 0 Å². The Labute approximate surface area is 97.0 Å². The minimum absolute atomic E-state index is 0.429. The lowest BCUT2D eigenvalue weighted by molar-refractivity contribution is 0.623. The van der Waals surface area contributed by atoms with Gasteiger partial charge in [-0.25, -0.2) is 0 Å². The van der Waals surface area contributed by atoms with Crippen molar-refractivity contribution in [3.63, 3.8) is 0 Å². The number of benzene rings is 1. The Kier molecular flexibility index (Phi) is 2.01. The third kappa shape index (κ3) is 1.80. The number of nitrogen functional groups attached to an aromatic ring is 1. The molecule has 0 atom stereocenters. The van der Waals surface area contributed by atoms with Crippen molar-refractivity contribution < 1.29 is 4.42 Å². The number of aromatic nitrogens is 3. The lowest BCUT2D eigenvalue weighted by Gasteiger charge is -1.94. The summed E-state index contributed by atoms with van der Waals surface area (Å²) >= 11 is 0. The van der Waals surface area contributed by atoms with E-state index >= 15 is 0 Å². The Morgan fingerprint density at radius 3 is 3.06 bits per heavy atom. The van der Waals surface area contributed by atoms with Gasteiger partial charge in [0.15, 0.2) is 5.58 Å². The van der Waals surface area contributed by atoms with E-state index in [-0.39, 0.29) is 0 Å². The maximum Gasteiger partial charge on any atom is 0.300 e. The third-order valence-electron chi connectivity index (χ3n) is 2.37. The highest BCUT2D eigenvalue weighted by Gasteiger charge is 2.06. The Balaban J connectivity index is 1.95. The monoisotopic (exact) mass is 229 g/mol. The zero-order valence-corrected chi connectivity index (χ0v) is 9.21. The summed E-state index contributed by atoms with van der Waals surface area (Å²) in [5.41, 5.74) is 8.58. The SMILES string of the molecule is Cn1cc(Nc2nc3ccc(N)cc3o2)cn1. The lowest BCUT2D eigenvalue weighted by Crippen LogP contribution is -1.88. The zero-order chi connectivity index (χ0) is 11.8. The van der Waals surface area contributed by atoms with Gasteiger partial charge in [-0.15, -0.1) is 0 Å². The minimum atomic E-state index is 0.429. The Hall–Kier alpha value is -2.50. The molecule has 17 heavy (non-hydrogen) atoms.